The van der Waals surface area contributed by atoms with Gasteiger partial charge in [0, 0.05) is 11.1 Å². The minimum Gasteiger partial charge on any atom is -0.398 e. The molecule has 2 rings (SSSR count). The molecule has 2 N–H and O–H groups in total. The van der Waals surface area contributed by atoms with E-state index in [4.69, 9.17) is 5.73 Å². The summed E-state index contributed by atoms with van der Waals surface area (Å²) >= 11 is 0. The van der Waals surface area contributed by atoms with Gasteiger partial charge in [-0.25, -0.2) is 0 Å². The van der Waals surface area contributed by atoms with Gasteiger partial charge in [-0.05, 0) is 29.7 Å². The Bertz CT molecular complexity index is 609. The Labute approximate surface area is 115 Å². The third-order valence-corrected chi connectivity index (χ3v) is 3.69. The predicted molar refractivity (Wildman–Crippen MR) is 84.1 cm³/mol. The summed E-state index contributed by atoms with van der Waals surface area (Å²) in [7, 11) is 0. The molecule has 0 saturated heterocycles. The first kappa shape index (κ1) is 13.4. The molecule has 0 aliphatic heterocycles. The van der Waals surface area contributed by atoms with Gasteiger partial charge in [-0.3, -0.25) is 0 Å². The fourth-order valence-electron chi connectivity index (χ4n) is 2.61. The second-order valence-corrected chi connectivity index (χ2v) is 5.54. The Morgan fingerprint density at radius 1 is 0.947 bits per heavy atom. The molecular weight excluding hydrogens is 230 g/mol. The first-order valence-corrected chi connectivity index (χ1v) is 6.55. The predicted octanol–water partition coefficient (Wildman–Crippen LogP) is 4.63. The normalized spacial score (nSPS) is 11.3. The van der Waals surface area contributed by atoms with Crippen molar-refractivity contribution in [1.29, 1.82) is 0 Å². The Morgan fingerprint density at radius 3 is 2.05 bits per heavy atom. The molecule has 0 saturated carbocycles. The molecule has 19 heavy (non-hydrogen) atoms. The minimum atomic E-state index is -0.138. The Kier molecular flexibility index (Phi) is 3.48. The van der Waals surface area contributed by atoms with Crippen LogP contribution in [0.5, 0.6) is 0 Å². The molecule has 0 aliphatic carbocycles. The van der Waals surface area contributed by atoms with Crippen molar-refractivity contribution >= 4 is 11.3 Å². The zero-order chi connectivity index (χ0) is 14.0. The van der Waals surface area contributed by atoms with Gasteiger partial charge in [0.1, 0.15) is 0 Å². The molecule has 98 valence electrons. The minimum absolute atomic E-state index is 0.138. The van der Waals surface area contributed by atoms with Gasteiger partial charge in [0.05, 0.1) is 0 Å². The number of nitrogens with two attached hydrogens (primary N) is 1. The standard InChI is InChI=1S/C18H21N/c1-13(2)14-9-5-6-10-15(14)18(3,4)16-11-7-8-12-17(16)19/h5-12H,1,19H2,2-4H3. The number of allylic oxidation sites excluding steroid dienone is 1. The highest BCUT2D eigenvalue weighted by Gasteiger charge is 2.27. The van der Waals surface area contributed by atoms with Crippen LogP contribution in [0.1, 0.15) is 37.5 Å². The van der Waals surface area contributed by atoms with Crippen LogP contribution in [0.3, 0.4) is 0 Å². The summed E-state index contributed by atoms with van der Waals surface area (Å²) in [5, 5.41) is 0. The van der Waals surface area contributed by atoms with Gasteiger partial charge >= 0.3 is 0 Å². The fraction of sp³-hybridized carbons (Fsp3) is 0.222. The van der Waals surface area contributed by atoms with E-state index in [1.807, 2.05) is 25.1 Å². The highest BCUT2D eigenvalue weighted by atomic mass is 14.6. The van der Waals surface area contributed by atoms with Crippen LogP contribution >= 0.6 is 0 Å². The third-order valence-electron chi connectivity index (χ3n) is 3.69. The van der Waals surface area contributed by atoms with Crippen LogP contribution in [0, 0.1) is 0 Å². The largest absolute Gasteiger partial charge is 0.398 e. The number of para-hydroxylation sites is 1. The van der Waals surface area contributed by atoms with Crippen molar-refractivity contribution < 1.29 is 0 Å². The molecule has 0 unspecified atom stereocenters. The van der Waals surface area contributed by atoms with Crippen molar-refractivity contribution in [3.8, 4) is 0 Å². The highest BCUT2D eigenvalue weighted by Crippen LogP contribution is 2.38. The number of nitrogen functional groups attached to an aromatic ring is 1. The van der Waals surface area contributed by atoms with Crippen molar-refractivity contribution in [3.63, 3.8) is 0 Å². The topological polar surface area (TPSA) is 26.0 Å². The van der Waals surface area contributed by atoms with E-state index >= 15 is 0 Å². The van der Waals surface area contributed by atoms with Crippen molar-refractivity contribution in [1.82, 2.24) is 0 Å². The van der Waals surface area contributed by atoms with Crippen LogP contribution < -0.4 is 5.73 Å². The lowest BCUT2D eigenvalue weighted by atomic mass is 9.74. The molecule has 0 atom stereocenters. The monoisotopic (exact) mass is 251 g/mol. The van der Waals surface area contributed by atoms with Gasteiger partial charge in [-0.2, -0.15) is 0 Å². The second kappa shape index (κ2) is 4.93. The molecule has 0 aliphatic rings. The van der Waals surface area contributed by atoms with Crippen LogP contribution in [0.25, 0.3) is 5.57 Å². The maximum Gasteiger partial charge on any atom is 0.0355 e. The zero-order valence-corrected chi connectivity index (χ0v) is 11.9. The summed E-state index contributed by atoms with van der Waals surface area (Å²) in [4.78, 5) is 0. The number of benzene rings is 2. The first-order chi connectivity index (χ1) is 8.94. The maximum atomic E-state index is 6.15. The van der Waals surface area contributed by atoms with Crippen molar-refractivity contribution in [2.45, 2.75) is 26.2 Å². The zero-order valence-electron chi connectivity index (χ0n) is 11.9. The molecular formula is C18H21N. The van der Waals surface area contributed by atoms with Crippen LogP contribution in [0.15, 0.2) is 55.1 Å². The summed E-state index contributed by atoms with van der Waals surface area (Å²) in [5.41, 5.74) is 11.6. The van der Waals surface area contributed by atoms with E-state index in [1.165, 1.54) is 11.1 Å². The van der Waals surface area contributed by atoms with Crippen LogP contribution in [-0.2, 0) is 5.41 Å². The van der Waals surface area contributed by atoms with Gasteiger partial charge in [-0.15, -0.1) is 0 Å². The summed E-state index contributed by atoms with van der Waals surface area (Å²) in [6, 6.07) is 16.5. The summed E-state index contributed by atoms with van der Waals surface area (Å²) in [6.45, 7) is 10.5. The van der Waals surface area contributed by atoms with Crippen LogP contribution in [0.4, 0.5) is 5.69 Å². The number of rotatable bonds is 3. The van der Waals surface area contributed by atoms with E-state index in [0.29, 0.717) is 0 Å². The van der Waals surface area contributed by atoms with Gasteiger partial charge in [0.15, 0.2) is 0 Å². The van der Waals surface area contributed by atoms with E-state index in [1.54, 1.807) is 0 Å². The van der Waals surface area contributed by atoms with Gasteiger partial charge in [0.25, 0.3) is 0 Å². The molecule has 0 bridgehead atoms. The smallest absolute Gasteiger partial charge is 0.0355 e. The van der Waals surface area contributed by atoms with E-state index in [-0.39, 0.29) is 5.41 Å². The quantitative estimate of drug-likeness (QED) is 0.791. The van der Waals surface area contributed by atoms with E-state index in [2.05, 4.69) is 50.8 Å². The molecule has 2 aromatic rings. The fourth-order valence-corrected chi connectivity index (χ4v) is 2.61. The van der Waals surface area contributed by atoms with E-state index < -0.39 is 0 Å². The molecule has 0 amide bonds. The molecule has 0 spiro atoms. The molecule has 1 heteroatoms. The van der Waals surface area contributed by atoms with Crippen molar-refractivity contribution in [2.75, 3.05) is 5.73 Å². The lowest BCUT2D eigenvalue weighted by molar-refractivity contribution is 0.641. The number of anilines is 1. The summed E-state index contributed by atoms with van der Waals surface area (Å²) < 4.78 is 0. The Balaban J connectivity index is 2.63. The molecule has 1 nitrogen and oxygen atoms in total. The van der Waals surface area contributed by atoms with E-state index in [9.17, 15) is 0 Å². The molecule has 0 radical (unpaired) electrons. The number of hydrogen-bond donors (Lipinski definition) is 1. The lowest BCUT2D eigenvalue weighted by Crippen LogP contribution is -2.22. The Hall–Kier alpha value is -2.02. The molecule has 0 aromatic heterocycles. The average Bonchev–Trinajstić information content (AvgIpc) is 2.39. The highest BCUT2D eigenvalue weighted by molar-refractivity contribution is 5.68. The van der Waals surface area contributed by atoms with Crippen LogP contribution in [0.2, 0.25) is 0 Å². The van der Waals surface area contributed by atoms with Crippen molar-refractivity contribution in [2.24, 2.45) is 0 Å². The first-order valence-electron chi connectivity index (χ1n) is 6.55. The molecule has 2 aromatic carbocycles. The summed E-state index contributed by atoms with van der Waals surface area (Å²) in [5.74, 6) is 0. The Morgan fingerprint density at radius 2 is 1.47 bits per heavy atom. The van der Waals surface area contributed by atoms with E-state index in [0.717, 1.165) is 16.8 Å². The third kappa shape index (κ3) is 2.41. The van der Waals surface area contributed by atoms with Gasteiger partial charge < -0.3 is 5.73 Å². The van der Waals surface area contributed by atoms with Gasteiger partial charge in [-0.1, -0.05) is 68.5 Å². The average molecular weight is 251 g/mol. The van der Waals surface area contributed by atoms with Crippen LogP contribution in [-0.4, -0.2) is 0 Å². The number of hydrogen-bond acceptors (Lipinski definition) is 1. The lowest BCUT2D eigenvalue weighted by Gasteiger charge is -2.30. The molecule has 0 heterocycles. The molecule has 0 fully saturated rings. The van der Waals surface area contributed by atoms with Crippen molar-refractivity contribution in [3.05, 3.63) is 71.8 Å². The van der Waals surface area contributed by atoms with Gasteiger partial charge in [0.2, 0.25) is 0 Å². The maximum absolute atomic E-state index is 6.15. The SMILES string of the molecule is C=C(C)c1ccccc1C(C)(C)c1ccccc1N. The second-order valence-electron chi connectivity index (χ2n) is 5.54. The summed E-state index contributed by atoms with van der Waals surface area (Å²) in [6.07, 6.45) is 0.